The van der Waals surface area contributed by atoms with Crippen LogP contribution < -0.4 is 15.1 Å². The number of aliphatic hydroxyl groups excluding tert-OH is 1. The van der Waals surface area contributed by atoms with Gasteiger partial charge in [0.1, 0.15) is 12.2 Å². The van der Waals surface area contributed by atoms with Gasteiger partial charge in [-0.15, -0.1) is 0 Å². The standard InChI is InChI=1S/C15H18O5/c1-9(2)11(16)8-19-14-7-12-10(6-13(14)18-3)4-5-15(17)20-12/h4-7,9,11,16H,8H2,1-3H3/t11-/m0/s1. The van der Waals surface area contributed by atoms with Gasteiger partial charge in [-0.1, -0.05) is 13.8 Å². The zero-order valence-electron chi connectivity index (χ0n) is 11.8. The van der Waals surface area contributed by atoms with Crippen LogP contribution in [0.25, 0.3) is 11.0 Å². The molecule has 0 saturated carbocycles. The van der Waals surface area contributed by atoms with Crippen molar-refractivity contribution in [2.45, 2.75) is 20.0 Å². The maximum atomic E-state index is 11.2. The first kappa shape index (κ1) is 14.4. The fourth-order valence-electron chi connectivity index (χ4n) is 1.72. The van der Waals surface area contributed by atoms with E-state index in [2.05, 4.69) is 0 Å². The molecular formula is C15H18O5. The van der Waals surface area contributed by atoms with Gasteiger partial charge in [-0.25, -0.2) is 4.79 Å². The van der Waals surface area contributed by atoms with Crippen molar-refractivity contribution >= 4 is 11.0 Å². The van der Waals surface area contributed by atoms with Crippen LogP contribution in [-0.2, 0) is 0 Å². The molecule has 1 aromatic carbocycles. The molecular weight excluding hydrogens is 260 g/mol. The van der Waals surface area contributed by atoms with Crippen LogP contribution in [0.2, 0.25) is 0 Å². The van der Waals surface area contributed by atoms with Crippen molar-refractivity contribution in [2.75, 3.05) is 13.7 Å². The molecule has 0 aliphatic heterocycles. The molecule has 20 heavy (non-hydrogen) atoms. The Morgan fingerprint density at radius 3 is 2.65 bits per heavy atom. The second-order valence-corrected chi connectivity index (χ2v) is 4.92. The van der Waals surface area contributed by atoms with E-state index >= 15 is 0 Å². The van der Waals surface area contributed by atoms with E-state index in [9.17, 15) is 9.90 Å². The van der Waals surface area contributed by atoms with E-state index in [1.807, 2.05) is 13.8 Å². The first-order valence-electron chi connectivity index (χ1n) is 6.44. The monoisotopic (exact) mass is 278 g/mol. The van der Waals surface area contributed by atoms with Gasteiger partial charge >= 0.3 is 5.63 Å². The summed E-state index contributed by atoms with van der Waals surface area (Å²) in [4.78, 5) is 11.2. The van der Waals surface area contributed by atoms with Crippen molar-refractivity contribution in [1.82, 2.24) is 0 Å². The molecule has 5 heteroatoms. The van der Waals surface area contributed by atoms with E-state index in [4.69, 9.17) is 13.9 Å². The number of benzene rings is 1. The number of aliphatic hydroxyl groups is 1. The Hall–Kier alpha value is -2.01. The summed E-state index contributed by atoms with van der Waals surface area (Å²) in [5.74, 6) is 1.07. The molecule has 1 heterocycles. The average molecular weight is 278 g/mol. The summed E-state index contributed by atoms with van der Waals surface area (Å²) in [7, 11) is 1.53. The summed E-state index contributed by atoms with van der Waals surface area (Å²) in [5, 5.41) is 10.5. The lowest BCUT2D eigenvalue weighted by molar-refractivity contribution is 0.0690. The van der Waals surface area contributed by atoms with Crippen LogP contribution in [0.4, 0.5) is 0 Å². The van der Waals surface area contributed by atoms with E-state index < -0.39 is 11.7 Å². The molecule has 0 aliphatic rings. The lowest BCUT2D eigenvalue weighted by Crippen LogP contribution is -2.23. The Bertz CT molecular complexity index is 644. The lowest BCUT2D eigenvalue weighted by atomic mass is 10.1. The van der Waals surface area contributed by atoms with Crippen LogP contribution in [-0.4, -0.2) is 24.9 Å². The third-order valence-corrected chi connectivity index (χ3v) is 3.08. The molecule has 0 bridgehead atoms. The molecule has 0 radical (unpaired) electrons. The number of hydrogen-bond donors (Lipinski definition) is 1. The van der Waals surface area contributed by atoms with Crippen molar-refractivity contribution in [2.24, 2.45) is 5.92 Å². The largest absolute Gasteiger partial charge is 0.493 e. The Labute approximate surface area is 116 Å². The average Bonchev–Trinajstić information content (AvgIpc) is 2.43. The quantitative estimate of drug-likeness (QED) is 0.849. The Balaban J connectivity index is 2.33. The third-order valence-electron chi connectivity index (χ3n) is 3.08. The molecule has 0 unspecified atom stereocenters. The zero-order valence-corrected chi connectivity index (χ0v) is 11.8. The molecule has 0 spiro atoms. The van der Waals surface area contributed by atoms with Crippen molar-refractivity contribution < 1.29 is 19.0 Å². The highest BCUT2D eigenvalue weighted by molar-refractivity contribution is 5.80. The first-order chi connectivity index (χ1) is 9.51. The van der Waals surface area contributed by atoms with Gasteiger partial charge in [0.15, 0.2) is 11.5 Å². The van der Waals surface area contributed by atoms with Crippen LogP contribution in [0.5, 0.6) is 11.5 Å². The van der Waals surface area contributed by atoms with Crippen LogP contribution in [0.1, 0.15) is 13.8 Å². The molecule has 0 amide bonds. The van der Waals surface area contributed by atoms with Crippen molar-refractivity contribution in [3.8, 4) is 11.5 Å². The van der Waals surface area contributed by atoms with E-state index in [1.165, 1.54) is 13.2 Å². The van der Waals surface area contributed by atoms with Crippen molar-refractivity contribution in [3.05, 3.63) is 34.7 Å². The highest BCUT2D eigenvalue weighted by Crippen LogP contribution is 2.32. The molecule has 2 rings (SSSR count). The Kier molecular flexibility index (Phi) is 4.29. The van der Waals surface area contributed by atoms with Crippen molar-refractivity contribution in [1.29, 1.82) is 0 Å². The maximum Gasteiger partial charge on any atom is 0.336 e. The summed E-state index contributed by atoms with van der Waals surface area (Å²) in [5.41, 5.74) is 0.00293. The molecule has 1 aromatic heterocycles. The van der Waals surface area contributed by atoms with Crippen molar-refractivity contribution in [3.63, 3.8) is 0 Å². The molecule has 1 atom stereocenters. The van der Waals surface area contributed by atoms with Gasteiger partial charge in [0.25, 0.3) is 0 Å². The Morgan fingerprint density at radius 2 is 2.00 bits per heavy atom. The minimum atomic E-state index is -0.571. The number of methoxy groups -OCH3 is 1. The minimum absolute atomic E-state index is 0.0967. The van der Waals surface area contributed by atoms with E-state index in [0.717, 1.165) is 5.39 Å². The highest BCUT2D eigenvalue weighted by atomic mass is 16.5. The number of hydrogen-bond acceptors (Lipinski definition) is 5. The predicted molar refractivity (Wildman–Crippen MR) is 75.4 cm³/mol. The van der Waals surface area contributed by atoms with Gasteiger partial charge in [-0.05, 0) is 18.1 Å². The Morgan fingerprint density at radius 1 is 1.25 bits per heavy atom. The van der Waals surface area contributed by atoms with E-state index in [0.29, 0.717) is 17.1 Å². The van der Waals surface area contributed by atoms with Gasteiger partial charge in [0.05, 0.1) is 13.2 Å². The summed E-state index contributed by atoms with van der Waals surface area (Å²) in [6, 6.07) is 6.35. The molecule has 2 aromatic rings. The molecule has 5 nitrogen and oxygen atoms in total. The number of fused-ring (bicyclic) bond motifs is 1. The number of ether oxygens (including phenoxy) is 2. The van der Waals surface area contributed by atoms with Gasteiger partial charge in [0.2, 0.25) is 0 Å². The summed E-state index contributed by atoms with van der Waals surface area (Å²) < 4.78 is 15.9. The van der Waals surface area contributed by atoms with Gasteiger partial charge < -0.3 is 19.0 Å². The molecule has 0 saturated heterocycles. The van der Waals surface area contributed by atoms with Crippen LogP contribution in [0.15, 0.2) is 33.5 Å². The van der Waals surface area contributed by atoms with Gasteiger partial charge in [0, 0.05) is 17.5 Å². The minimum Gasteiger partial charge on any atom is -0.493 e. The molecule has 0 aliphatic carbocycles. The summed E-state index contributed by atoms with van der Waals surface area (Å²) >= 11 is 0. The van der Waals surface area contributed by atoms with Gasteiger partial charge in [-0.2, -0.15) is 0 Å². The molecule has 1 N–H and O–H groups in total. The summed E-state index contributed by atoms with van der Waals surface area (Å²) in [6.45, 7) is 3.96. The molecule has 108 valence electrons. The second-order valence-electron chi connectivity index (χ2n) is 4.92. The normalized spacial score (nSPS) is 12.7. The predicted octanol–water partition coefficient (Wildman–Crippen LogP) is 2.20. The first-order valence-corrected chi connectivity index (χ1v) is 6.44. The van der Waals surface area contributed by atoms with Crippen LogP contribution >= 0.6 is 0 Å². The SMILES string of the molecule is COc1cc2ccc(=O)oc2cc1OC[C@H](O)C(C)C. The maximum absolute atomic E-state index is 11.2. The van der Waals surface area contributed by atoms with Crippen LogP contribution in [0, 0.1) is 5.92 Å². The van der Waals surface area contributed by atoms with Gasteiger partial charge in [-0.3, -0.25) is 0 Å². The fourth-order valence-corrected chi connectivity index (χ4v) is 1.72. The van der Waals surface area contributed by atoms with E-state index in [-0.39, 0.29) is 12.5 Å². The number of rotatable bonds is 5. The summed E-state index contributed by atoms with van der Waals surface area (Å²) in [6.07, 6.45) is -0.571. The topological polar surface area (TPSA) is 68.9 Å². The third kappa shape index (κ3) is 3.11. The molecule has 0 fully saturated rings. The second kappa shape index (κ2) is 5.96. The fraction of sp³-hybridized carbons (Fsp3) is 0.400. The van der Waals surface area contributed by atoms with E-state index in [1.54, 1.807) is 18.2 Å². The zero-order chi connectivity index (χ0) is 14.7. The highest BCUT2D eigenvalue weighted by Gasteiger charge is 2.13. The van der Waals surface area contributed by atoms with Crippen LogP contribution in [0.3, 0.4) is 0 Å². The lowest BCUT2D eigenvalue weighted by Gasteiger charge is -2.17. The smallest absolute Gasteiger partial charge is 0.336 e.